The van der Waals surface area contributed by atoms with Crippen molar-refractivity contribution < 1.29 is 4.79 Å². The number of nitrogens with one attached hydrogen (secondary N) is 1. The normalized spacial score (nSPS) is 24.1. The number of allylic oxidation sites excluding steroid dienone is 2. The zero-order valence-electron chi connectivity index (χ0n) is 16.9. The third-order valence-corrected chi connectivity index (χ3v) is 6.98. The van der Waals surface area contributed by atoms with Gasteiger partial charge in [0, 0.05) is 23.4 Å². The number of nitrogens with zero attached hydrogens (tertiary/aromatic N) is 2. The van der Waals surface area contributed by atoms with E-state index in [-0.39, 0.29) is 11.3 Å². The van der Waals surface area contributed by atoms with Gasteiger partial charge < -0.3 is 5.32 Å². The van der Waals surface area contributed by atoms with Crippen molar-refractivity contribution in [3.8, 4) is 0 Å². The van der Waals surface area contributed by atoms with Crippen molar-refractivity contribution in [3.05, 3.63) is 65.9 Å². The fraction of sp³-hybridized carbons (Fsp3) is 0.440. The minimum Gasteiger partial charge on any atom is -0.365 e. The number of anilines is 1. The Kier molecular flexibility index (Phi) is 4.65. The van der Waals surface area contributed by atoms with Crippen molar-refractivity contribution in [2.45, 2.75) is 62.8 Å². The predicted molar refractivity (Wildman–Crippen MR) is 117 cm³/mol. The summed E-state index contributed by atoms with van der Waals surface area (Å²) >= 11 is 0. The summed E-state index contributed by atoms with van der Waals surface area (Å²) in [6.45, 7) is 3.70. The molecule has 1 atom stereocenters. The van der Waals surface area contributed by atoms with Crippen molar-refractivity contribution in [3.63, 3.8) is 0 Å². The monoisotopic (exact) mass is 387 g/mol. The Balaban J connectivity index is 1.62. The first-order chi connectivity index (χ1) is 14.2. The largest absolute Gasteiger partial charge is 0.365 e. The molecule has 1 N–H and O–H groups in total. The summed E-state index contributed by atoms with van der Waals surface area (Å²) in [6.07, 6.45) is 15.6. The van der Waals surface area contributed by atoms with Gasteiger partial charge in [-0.3, -0.25) is 4.79 Å². The van der Waals surface area contributed by atoms with Gasteiger partial charge in [-0.1, -0.05) is 68.3 Å². The highest BCUT2D eigenvalue weighted by molar-refractivity contribution is 5.91. The number of hydrogen-bond acceptors (Lipinski definition) is 3. The highest BCUT2D eigenvalue weighted by Crippen LogP contribution is 2.48. The Labute approximate surface area is 172 Å². The summed E-state index contributed by atoms with van der Waals surface area (Å²) in [5.74, 6) is 1.29. The van der Waals surface area contributed by atoms with Crippen LogP contribution in [-0.4, -0.2) is 21.7 Å². The second kappa shape index (κ2) is 7.33. The van der Waals surface area contributed by atoms with Crippen molar-refractivity contribution >= 4 is 17.8 Å². The second-order valence-electron chi connectivity index (χ2n) is 8.83. The summed E-state index contributed by atoms with van der Waals surface area (Å²) < 4.78 is 1.59. The molecule has 5 rings (SSSR count). The number of rotatable bonds is 5. The molecule has 4 heteroatoms. The summed E-state index contributed by atoms with van der Waals surface area (Å²) in [5.41, 5.74) is 3.37. The molecule has 2 aromatic rings. The van der Waals surface area contributed by atoms with Crippen LogP contribution in [0.1, 0.15) is 66.6 Å². The van der Waals surface area contributed by atoms with Crippen molar-refractivity contribution in [2.24, 2.45) is 5.92 Å². The molecule has 29 heavy (non-hydrogen) atoms. The Morgan fingerprint density at radius 3 is 2.59 bits per heavy atom. The van der Waals surface area contributed by atoms with Gasteiger partial charge in [0.2, 0.25) is 0 Å². The van der Waals surface area contributed by atoms with Gasteiger partial charge in [0.25, 0.3) is 5.91 Å². The molecule has 150 valence electrons. The molecular weight excluding hydrogens is 358 g/mol. The van der Waals surface area contributed by atoms with E-state index >= 15 is 0 Å². The van der Waals surface area contributed by atoms with Gasteiger partial charge in [-0.15, -0.1) is 5.10 Å². The van der Waals surface area contributed by atoms with Crippen LogP contribution < -0.4 is 5.32 Å². The van der Waals surface area contributed by atoms with Crippen LogP contribution in [0.25, 0.3) is 6.08 Å². The zero-order chi connectivity index (χ0) is 19.8. The molecule has 0 amide bonds. The third kappa shape index (κ3) is 3.25. The Morgan fingerprint density at radius 2 is 1.90 bits per heavy atom. The first-order valence-corrected chi connectivity index (χ1v) is 11.0. The molecule has 1 heterocycles. The van der Waals surface area contributed by atoms with E-state index < -0.39 is 0 Å². The fourth-order valence-corrected chi connectivity index (χ4v) is 5.26. The number of hydrogen-bond donors (Lipinski definition) is 1. The van der Waals surface area contributed by atoms with Gasteiger partial charge in [0.1, 0.15) is 0 Å². The van der Waals surface area contributed by atoms with Crippen LogP contribution in [0.4, 0.5) is 5.82 Å². The summed E-state index contributed by atoms with van der Waals surface area (Å²) in [7, 11) is 0. The van der Waals surface area contributed by atoms with E-state index in [0.717, 1.165) is 23.5 Å². The lowest BCUT2D eigenvalue weighted by atomic mass is 9.61. The van der Waals surface area contributed by atoms with Crippen molar-refractivity contribution in [1.82, 2.24) is 9.78 Å². The molecule has 0 radical (unpaired) electrons. The number of carbonyl (C=O) groups is 1. The van der Waals surface area contributed by atoms with Crippen LogP contribution in [0.5, 0.6) is 0 Å². The lowest BCUT2D eigenvalue weighted by Gasteiger charge is -2.43. The van der Waals surface area contributed by atoms with Crippen LogP contribution >= 0.6 is 0 Å². The van der Waals surface area contributed by atoms with E-state index in [1.54, 1.807) is 4.68 Å². The molecule has 4 nitrogen and oxygen atoms in total. The number of aromatic nitrogens is 2. The van der Waals surface area contributed by atoms with Gasteiger partial charge in [0.15, 0.2) is 5.82 Å². The Hall–Kier alpha value is -2.62. The predicted octanol–water partition coefficient (Wildman–Crippen LogP) is 5.37. The second-order valence-corrected chi connectivity index (χ2v) is 8.83. The van der Waals surface area contributed by atoms with Gasteiger partial charge in [-0.05, 0) is 43.2 Å². The third-order valence-electron chi connectivity index (χ3n) is 6.98. The van der Waals surface area contributed by atoms with Gasteiger partial charge in [-0.25, -0.2) is 0 Å². The van der Waals surface area contributed by atoms with E-state index in [1.807, 2.05) is 0 Å². The van der Waals surface area contributed by atoms with E-state index in [9.17, 15) is 4.79 Å². The maximum absolute atomic E-state index is 12.7. The fourth-order valence-electron chi connectivity index (χ4n) is 5.26. The van der Waals surface area contributed by atoms with Crippen molar-refractivity contribution in [2.75, 3.05) is 5.32 Å². The van der Waals surface area contributed by atoms with Gasteiger partial charge >= 0.3 is 0 Å². The molecule has 3 aliphatic rings. The Bertz CT molecular complexity index is 948. The molecule has 0 bridgehead atoms. The van der Waals surface area contributed by atoms with E-state index in [1.165, 1.54) is 56.6 Å². The topological polar surface area (TPSA) is 46.9 Å². The minimum absolute atomic E-state index is 0.0786. The lowest BCUT2D eigenvalue weighted by Crippen LogP contribution is -2.39. The number of carbonyl (C=O) groups excluding carboxylic acids is 1. The summed E-state index contributed by atoms with van der Waals surface area (Å²) in [5, 5.41) is 8.20. The number of benzene rings is 1. The first kappa shape index (κ1) is 18.4. The average molecular weight is 388 g/mol. The zero-order valence-corrected chi connectivity index (χ0v) is 16.9. The van der Waals surface area contributed by atoms with Gasteiger partial charge in [0.05, 0.1) is 5.69 Å². The van der Waals surface area contributed by atoms with E-state index in [0.29, 0.717) is 12.0 Å². The van der Waals surface area contributed by atoms with Crippen LogP contribution in [0, 0.1) is 5.92 Å². The molecule has 0 spiro atoms. The highest BCUT2D eigenvalue weighted by Gasteiger charge is 2.43. The smallest absolute Gasteiger partial charge is 0.270 e. The standard InChI is InChI=1S/C25H29N3O/c1-2-23(29)28-22-17-25(18-9-5-3-6-10-18,19-11-7-4-8-12-19)16-15-21(22)24(27-28)26-20-13-14-20/h2-3,5-6,9-10,15-16,19-20H,1,4,7-8,11-14,17H2,(H,26,27). The average Bonchev–Trinajstić information content (AvgIpc) is 3.54. The van der Waals surface area contributed by atoms with Gasteiger partial charge in [-0.2, -0.15) is 4.68 Å². The SMILES string of the molecule is C=CC(=O)n1nc(NC2CC2)c2c1CC(c1ccccc1)(C1CCCCC1)C=C2. The van der Waals surface area contributed by atoms with Crippen LogP contribution in [0.15, 0.2) is 49.1 Å². The molecule has 1 aromatic carbocycles. The molecular formula is C25H29N3O. The molecule has 1 unspecified atom stereocenters. The maximum atomic E-state index is 12.7. The Morgan fingerprint density at radius 1 is 1.14 bits per heavy atom. The molecule has 1 aromatic heterocycles. The van der Waals surface area contributed by atoms with Crippen LogP contribution in [0.2, 0.25) is 0 Å². The van der Waals surface area contributed by atoms with E-state index in [2.05, 4.69) is 59.5 Å². The molecule has 0 saturated heterocycles. The highest BCUT2D eigenvalue weighted by atomic mass is 16.2. The summed E-state index contributed by atoms with van der Waals surface area (Å²) in [6, 6.07) is 11.4. The quantitative estimate of drug-likeness (QED) is 0.702. The lowest BCUT2D eigenvalue weighted by molar-refractivity contribution is 0.0949. The van der Waals surface area contributed by atoms with E-state index in [4.69, 9.17) is 0 Å². The van der Waals surface area contributed by atoms with Crippen LogP contribution in [0.3, 0.4) is 0 Å². The minimum atomic E-state index is -0.147. The maximum Gasteiger partial charge on any atom is 0.270 e. The molecule has 2 fully saturated rings. The van der Waals surface area contributed by atoms with Crippen molar-refractivity contribution in [1.29, 1.82) is 0 Å². The summed E-state index contributed by atoms with van der Waals surface area (Å²) in [4.78, 5) is 12.7. The molecule has 0 aliphatic heterocycles. The number of fused-ring (bicyclic) bond motifs is 1. The molecule has 3 aliphatic carbocycles. The molecule has 2 saturated carbocycles. The first-order valence-electron chi connectivity index (χ1n) is 11.0. The van der Waals surface area contributed by atoms with Crippen LogP contribution in [-0.2, 0) is 11.8 Å².